The van der Waals surface area contributed by atoms with Crippen LogP contribution in [0.15, 0.2) is 22.8 Å². The van der Waals surface area contributed by atoms with Gasteiger partial charge in [-0.15, -0.1) is 0 Å². The maximum absolute atomic E-state index is 11.3. The van der Waals surface area contributed by atoms with Crippen molar-refractivity contribution in [1.29, 1.82) is 0 Å². The molecule has 0 aromatic carbocycles. The standard InChI is InChI=1S/C11H20O7P2/c1-8(2)5-4-6-9(3)10-7-11(10)17-20(15,16)18-19(12,13)14/h5,11H,4,6-7H2,1-3H3,(H,15,16)(H2,12,13,14). The highest BCUT2D eigenvalue weighted by Gasteiger charge is 2.42. The van der Waals surface area contributed by atoms with Gasteiger partial charge in [0.05, 0.1) is 6.10 Å². The van der Waals surface area contributed by atoms with Gasteiger partial charge in [-0.25, -0.2) is 9.13 Å². The van der Waals surface area contributed by atoms with Gasteiger partial charge in [-0.1, -0.05) is 17.2 Å². The molecule has 2 atom stereocenters. The van der Waals surface area contributed by atoms with Gasteiger partial charge in [-0.05, 0) is 39.2 Å². The Morgan fingerprint density at radius 2 is 1.90 bits per heavy atom. The topological polar surface area (TPSA) is 113 Å². The highest BCUT2D eigenvalue weighted by molar-refractivity contribution is 7.60. The third-order valence-electron chi connectivity index (χ3n) is 2.72. The number of rotatable bonds is 7. The summed E-state index contributed by atoms with van der Waals surface area (Å²) >= 11 is 0. The molecule has 0 aromatic rings. The zero-order valence-electron chi connectivity index (χ0n) is 11.6. The molecule has 9 heteroatoms. The van der Waals surface area contributed by atoms with Crippen molar-refractivity contribution >= 4 is 15.6 Å². The van der Waals surface area contributed by atoms with E-state index < -0.39 is 21.7 Å². The average molecular weight is 326 g/mol. The molecule has 1 aliphatic carbocycles. The molecule has 1 saturated carbocycles. The third-order valence-corrected chi connectivity index (χ3v) is 4.92. The lowest BCUT2D eigenvalue weighted by Gasteiger charge is -2.11. The van der Waals surface area contributed by atoms with Crippen molar-refractivity contribution < 1.29 is 32.6 Å². The summed E-state index contributed by atoms with van der Waals surface area (Å²) in [7, 11) is -9.79. The second-order valence-corrected chi connectivity index (χ2v) is 7.75. The second kappa shape index (κ2) is 6.67. The summed E-state index contributed by atoms with van der Waals surface area (Å²) in [5.41, 5.74) is 3.17. The molecule has 116 valence electrons. The molecular weight excluding hydrogens is 306 g/mol. The van der Waals surface area contributed by atoms with Crippen LogP contribution in [0.5, 0.6) is 0 Å². The van der Waals surface area contributed by atoms with Gasteiger partial charge in [-0.3, -0.25) is 4.52 Å². The van der Waals surface area contributed by atoms with Gasteiger partial charge in [0.1, 0.15) is 0 Å². The predicted molar refractivity (Wildman–Crippen MR) is 73.8 cm³/mol. The zero-order chi connectivity index (χ0) is 15.6. The molecule has 0 aromatic heterocycles. The lowest BCUT2D eigenvalue weighted by Crippen LogP contribution is -1.96. The van der Waals surface area contributed by atoms with Crippen molar-refractivity contribution in [1.82, 2.24) is 0 Å². The summed E-state index contributed by atoms with van der Waals surface area (Å²) in [5, 5.41) is 0. The minimum absolute atomic E-state index is 0.482. The SMILES string of the molecule is CC(C)=CCCC(C)=C1CC1OP(=O)(O)OP(=O)(O)O. The van der Waals surface area contributed by atoms with Crippen LogP contribution in [0.4, 0.5) is 0 Å². The quantitative estimate of drug-likeness (QED) is 0.486. The molecule has 0 aliphatic heterocycles. The highest BCUT2D eigenvalue weighted by Crippen LogP contribution is 2.60. The van der Waals surface area contributed by atoms with E-state index in [-0.39, 0.29) is 0 Å². The number of hydrogen-bond acceptors (Lipinski definition) is 4. The number of phosphoric acid groups is 2. The third kappa shape index (κ3) is 6.95. The van der Waals surface area contributed by atoms with E-state index in [2.05, 4.69) is 10.4 Å². The van der Waals surface area contributed by atoms with Crippen LogP contribution in [-0.2, 0) is 18.0 Å². The van der Waals surface area contributed by atoms with E-state index in [1.165, 1.54) is 5.57 Å². The summed E-state index contributed by atoms with van der Waals surface area (Å²) in [4.78, 5) is 26.2. The molecule has 0 amide bonds. The largest absolute Gasteiger partial charge is 0.481 e. The Labute approximate surface area is 118 Å². The Balaban J connectivity index is 2.52. The molecule has 0 heterocycles. The van der Waals surface area contributed by atoms with Gasteiger partial charge in [0, 0.05) is 6.42 Å². The van der Waals surface area contributed by atoms with Crippen LogP contribution in [-0.4, -0.2) is 20.8 Å². The van der Waals surface area contributed by atoms with E-state index in [1.54, 1.807) is 0 Å². The summed E-state index contributed by atoms with van der Waals surface area (Å²) in [5.74, 6) is 0. The Kier molecular flexibility index (Phi) is 5.93. The van der Waals surface area contributed by atoms with Crippen molar-refractivity contribution in [2.24, 2.45) is 0 Å². The first-order valence-corrected chi connectivity index (χ1v) is 9.13. The Morgan fingerprint density at radius 3 is 2.40 bits per heavy atom. The normalized spacial score (nSPS) is 24.0. The molecule has 0 bridgehead atoms. The summed E-state index contributed by atoms with van der Waals surface area (Å²) in [6, 6.07) is 0. The molecule has 1 aliphatic rings. The van der Waals surface area contributed by atoms with E-state index in [9.17, 15) is 14.0 Å². The smallest absolute Gasteiger partial charge is 0.302 e. The van der Waals surface area contributed by atoms with Crippen LogP contribution >= 0.6 is 15.6 Å². The fourth-order valence-corrected chi connectivity index (χ4v) is 3.50. The maximum Gasteiger partial charge on any atom is 0.481 e. The average Bonchev–Trinajstić information content (AvgIpc) is 2.91. The maximum atomic E-state index is 11.3. The summed E-state index contributed by atoms with van der Waals surface area (Å²) in [6.45, 7) is 5.92. The summed E-state index contributed by atoms with van der Waals surface area (Å²) < 4.78 is 30.3. The molecular formula is C11H20O7P2. The van der Waals surface area contributed by atoms with Crippen molar-refractivity contribution in [3.63, 3.8) is 0 Å². The lowest BCUT2D eigenvalue weighted by atomic mass is 10.1. The molecule has 0 spiro atoms. The van der Waals surface area contributed by atoms with Crippen molar-refractivity contribution in [2.75, 3.05) is 0 Å². The Morgan fingerprint density at radius 1 is 1.30 bits per heavy atom. The molecule has 1 rings (SSSR count). The predicted octanol–water partition coefficient (Wildman–Crippen LogP) is 3.05. The van der Waals surface area contributed by atoms with Crippen LogP contribution in [0.3, 0.4) is 0 Å². The lowest BCUT2D eigenvalue weighted by molar-refractivity contribution is 0.175. The van der Waals surface area contributed by atoms with Crippen LogP contribution < -0.4 is 0 Å². The van der Waals surface area contributed by atoms with Crippen molar-refractivity contribution in [3.05, 3.63) is 22.8 Å². The van der Waals surface area contributed by atoms with Gasteiger partial charge >= 0.3 is 15.6 Å². The highest BCUT2D eigenvalue weighted by atomic mass is 31.3. The van der Waals surface area contributed by atoms with E-state index in [1.807, 2.05) is 20.8 Å². The van der Waals surface area contributed by atoms with Gasteiger partial charge in [-0.2, -0.15) is 4.31 Å². The van der Waals surface area contributed by atoms with Crippen LogP contribution in [0.2, 0.25) is 0 Å². The summed E-state index contributed by atoms with van der Waals surface area (Å²) in [6.07, 6.45) is 3.67. The van der Waals surface area contributed by atoms with Crippen LogP contribution in [0.1, 0.15) is 40.0 Å². The number of allylic oxidation sites excluding steroid dienone is 3. The van der Waals surface area contributed by atoms with E-state index in [0.717, 1.165) is 24.0 Å². The molecule has 20 heavy (non-hydrogen) atoms. The van der Waals surface area contributed by atoms with Crippen LogP contribution in [0, 0.1) is 0 Å². The zero-order valence-corrected chi connectivity index (χ0v) is 13.4. The molecule has 1 fully saturated rings. The van der Waals surface area contributed by atoms with E-state index >= 15 is 0 Å². The number of phosphoric ester groups is 1. The van der Waals surface area contributed by atoms with Gasteiger partial charge in [0.25, 0.3) is 0 Å². The van der Waals surface area contributed by atoms with Gasteiger partial charge < -0.3 is 14.7 Å². The fourth-order valence-electron chi connectivity index (χ4n) is 1.74. The van der Waals surface area contributed by atoms with Crippen molar-refractivity contribution in [3.8, 4) is 0 Å². The second-order valence-electron chi connectivity index (χ2n) is 4.96. The first kappa shape index (κ1) is 17.8. The van der Waals surface area contributed by atoms with Crippen molar-refractivity contribution in [2.45, 2.75) is 46.1 Å². The monoisotopic (exact) mass is 326 g/mol. The molecule has 0 saturated heterocycles. The first-order chi connectivity index (χ1) is 9.00. The minimum atomic E-state index is -5.05. The van der Waals surface area contributed by atoms with E-state index in [0.29, 0.717) is 6.42 Å². The van der Waals surface area contributed by atoms with Gasteiger partial charge in [0.2, 0.25) is 0 Å². The van der Waals surface area contributed by atoms with Gasteiger partial charge in [0.15, 0.2) is 0 Å². The molecule has 0 radical (unpaired) electrons. The van der Waals surface area contributed by atoms with E-state index in [4.69, 9.17) is 14.3 Å². The van der Waals surface area contributed by atoms with Crippen LogP contribution in [0.25, 0.3) is 0 Å². The number of hydrogen-bond donors (Lipinski definition) is 3. The first-order valence-electron chi connectivity index (χ1n) is 6.10. The Hall–Kier alpha value is -0.260. The minimum Gasteiger partial charge on any atom is -0.302 e. The molecule has 3 N–H and O–H groups in total. The molecule has 7 nitrogen and oxygen atoms in total. The fraction of sp³-hybridized carbons (Fsp3) is 0.636. The Bertz CT molecular complexity index is 513. The molecule has 2 unspecified atom stereocenters.